The fraction of sp³-hybridized carbons (Fsp3) is 0.400. The van der Waals surface area contributed by atoms with E-state index in [1.165, 1.54) is 16.6 Å². The van der Waals surface area contributed by atoms with E-state index in [-0.39, 0.29) is 12.4 Å². The highest BCUT2D eigenvalue weighted by Gasteiger charge is 2.19. The summed E-state index contributed by atoms with van der Waals surface area (Å²) in [5.41, 5.74) is 4.64. The molecule has 1 N–H and O–H groups in total. The van der Waals surface area contributed by atoms with Crippen molar-refractivity contribution >= 4 is 60.9 Å². The molecule has 2 aromatic rings. The van der Waals surface area contributed by atoms with Crippen LogP contribution in [0.15, 0.2) is 21.1 Å². The van der Waals surface area contributed by atoms with E-state index in [2.05, 4.69) is 68.1 Å². The molecule has 0 amide bonds. The van der Waals surface area contributed by atoms with E-state index in [0.29, 0.717) is 0 Å². The highest BCUT2D eigenvalue weighted by atomic mass is 79.9. The average molecular weight is 436 g/mol. The van der Waals surface area contributed by atoms with Crippen molar-refractivity contribution in [2.45, 2.75) is 13.8 Å². The lowest BCUT2D eigenvalue weighted by Crippen LogP contribution is -2.43. The number of nitrogens with zero attached hydrogens (tertiary/aromatic N) is 2. The van der Waals surface area contributed by atoms with Crippen molar-refractivity contribution in [3.05, 3.63) is 32.3 Å². The molecule has 3 nitrogen and oxygen atoms in total. The summed E-state index contributed by atoms with van der Waals surface area (Å²) in [6, 6.07) is 4.31. The van der Waals surface area contributed by atoms with Crippen molar-refractivity contribution in [1.29, 1.82) is 0 Å². The molecule has 0 atom stereocenters. The number of hydrogen-bond acceptors (Lipinski definition) is 3. The number of hydrogen-bond donors (Lipinski definition) is 1. The largest absolute Gasteiger partial charge is 0.367 e. The first-order valence-corrected chi connectivity index (χ1v) is 8.38. The van der Waals surface area contributed by atoms with Crippen LogP contribution < -0.4 is 10.2 Å². The molecule has 3 rings (SSSR count). The molecule has 1 aliphatic rings. The Morgan fingerprint density at radius 1 is 1.14 bits per heavy atom. The number of aryl methyl sites for hydroxylation is 2. The monoisotopic (exact) mass is 433 g/mol. The molecule has 1 aromatic heterocycles. The third-order valence-electron chi connectivity index (χ3n) is 3.76. The van der Waals surface area contributed by atoms with Crippen molar-refractivity contribution in [2.75, 3.05) is 31.1 Å². The van der Waals surface area contributed by atoms with E-state index >= 15 is 0 Å². The van der Waals surface area contributed by atoms with Crippen LogP contribution in [0.3, 0.4) is 0 Å². The first-order valence-electron chi connectivity index (χ1n) is 6.79. The summed E-state index contributed by atoms with van der Waals surface area (Å²) < 4.78 is 2.22. The molecule has 1 aromatic carbocycles. The number of benzene rings is 1. The van der Waals surface area contributed by atoms with Crippen LogP contribution in [-0.2, 0) is 0 Å². The topological polar surface area (TPSA) is 28.2 Å². The van der Waals surface area contributed by atoms with Gasteiger partial charge in [0, 0.05) is 36.0 Å². The summed E-state index contributed by atoms with van der Waals surface area (Å²) in [4.78, 5) is 7.21. The van der Waals surface area contributed by atoms with Gasteiger partial charge in [-0.15, -0.1) is 12.4 Å². The zero-order valence-corrected chi connectivity index (χ0v) is 16.0. The molecule has 0 unspecified atom stereocenters. The normalized spacial score (nSPS) is 15.1. The van der Waals surface area contributed by atoms with Gasteiger partial charge in [0.25, 0.3) is 0 Å². The molecular weight excluding hydrogens is 417 g/mol. The molecule has 21 heavy (non-hydrogen) atoms. The minimum atomic E-state index is 0. The van der Waals surface area contributed by atoms with Crippen LogP contribution in [0.1, 0.15) is 11.3 Å². The highest BCUT2D eigenvalue weighted by Crippen LogP contribution is 2.38. The number of halogens is 3. The average Bonchev–Trinajstić information content (AvgIpc) is 2.42. The lowest BCUT2D eigenvalue weighted by molar-refractivity contribution is 0.589. The van der Waals surface area contributed by atoms with Crippen molar-refractivity contribution < 1.29 is 0 Å². The lowest BCUT2D eigenvalue weighted by atomic mass is 10.1. The minimum Gasteiger partial charge on any atom is -0.367 e. The van der Waals surface area contributed by atoms with Gasteiger partial charge in [-0.3, -0.25) is 4.98 Å². The lowest BCUT2D eigenvalue weighted by Gasteiger charge is -2.31. The van der Waals surface area contributed by atoms with E-state index in [9.17, 15) is 0 Å². The first-order chi connectivity index (χ1) is 9.58. The van der Waals surface area contributed by atoms with Crippen LogP contribution in [0.4, 0.5) is 5.69 Å². The molecule has 1 aliphatic heterocycles. The molecule has 0 saturated carbocycles. The van der Waals surface area contributed by atoms with Crippen molar-refractivity contribution in [3.8, 4) is 0 Å². The second-order valence-electron chi connectivity index (χ2n) is 5.22. The van der Waals surface area contributed by atoms with Gasteiger partial charge in [0.15, 0.2) is 0 Å². The Bertz CT molecular complexity index is 670. The van der Waals surface area contributed by atoms with Gasteiger partial charge in [-0.05, 0) is 47.5 Å². The fourth-order valence-electron chi connectivity index (χ4n) is 2.77. The van der Waals surface area contributed by atoms with Gasteiger partial charge in [0.1, 0.15) is 0 Å². The predicted molar refractivity (Wildman–Crippen MR) is 98.9 cm³/mol. The zero-order chi connectivity index (χ0) is 14.3. The quantitative estimate of drug-likeness (QED) is 0.727. The summed E-state index contributed by atoms with van der Waals surface area (Å²) in [7, 11) is 0. The van der Waals surface area contributed by atoms with Crippen LogP contribution in [0, 0.1) is 13.8 Å². The molecule has 114 valence electrons. The number of nitrogens with one attached hydrogen (secondary N) is 1. The van der Waals surface area contributed by atoms with Crippen molar-refractivity contribution in [3.63, 3.8) is 0 Å². The van der Waals surface area contributed by atoms with E-state index in [1.807, 2.05) is 0 Å². The van der Waals surface area contributed by atoms with Crippen LogP contribution >= 0.6 is 44.3 Å². The van der Waals surface area contributed by atoms with Crippen molar-refractivity contribution in [2.24, 2.45) is 0 Å². The molecule has 6 heteroatoms. The molecule has 0 radical (unpaired) electrons. The van der Waals surface area contributed by atoms with Crippen LogP contribution in [0.25, 0.3) is 10.9 Å². The Labute approximate surface area is 148 Å². The van der Waals surface area contributed by atoms with Crippen LogP contribution in [0.2, 0.25) is 0 Å². The molecule has 1 fully saturated rings. The summed E-state index contributed by atoms with van der Waals surface area (Å²) in [6.07, 6.45) is 0. The maximum Gasteiger partial charge on any atom is 0.0756 e. The molecule has 0 spiro atoms. The van der Waals surface area contributed by atoms with Gasteiger partial charge in [0.2, 0.25) is 0 Å². The van der Waals surface area contributed by atoms with Crippen LogP contribution in [0.5, 0.6) is 0 Å². The third kappa shape index (κ3) is 3.21. The fourth-order valence-corrected chi connectivity index (χ4v) is 3.89. The second-order valence-corrected chi connectivity index (χ2v) is 6.92. The highest BCUT2D eigenvalue weighted by molar-refractivity contribution is 9.11. The van der Waals surface area contributed by atoms with Gasteiger partial charge in [-0.1, -0.05) is 15.9 Å². The summed E-state index contributed by atoms with van der Waals surface area (Å²) >= 11 is 7.36. The second kappa shape index (κ2) is 6.82. The van der Waals surface area contributed by atoms with E-state index < -0.39 is 0 Å². The zero-order valence-electron chi connectivity index (χ0n) is 12.0. The van der Waals surface area contributed by atoms with Gasteiger partial charge in [0.05, 0.1) is 21.4 Å². The van der Waals surface area contributed by atoms with E-state index in [4.69, 9.17) is 4.98 Å². The third-order valence-corrected chi connectivity index (χ3v) is 5.17. The Balaban J connectivity index is 0.00000161. The molecule has 2 heterocycles. The van der Waals surface area contributed by atoms with E-state index in [0.717, 1.165) is 46.3 Å². The maximum absolute atomic E-state index is 4.76. The summed E-state index contributed by atoms with van der Waals surface area (Å²) in [5.74, 6) is 0. The van der Waals surface area contributed by atoms with Crippen LogP contribution in [-0.4, -0.2) is 31.2 Å². The van der Waals surface area contributed by atoms with Gasteiger partial charge in [-0.2, -0.15) is 0 Å². The van der Waals surface area contributed by atoms with E-state index in [1.54, 1.807) is 0 Å². The number of anilines is 1. The molecule has 0 bridgehead atoms. The van der Waals surface area contributed by atoms with Gasteiger partial charge in [-0.25, -0.2) is 0 Å². The first kappa shape index (κ1) is 17.0. The molecule has 0 aliphatic carbocycles. The molecule has 1 saturated heterocycles. The van der Waals surface area contributed by atoms with Gasteiger partial charge < -0.3 is 10.2 Å². The Morgan fingerprint density at radius 2 is 1.81 bits per heavy atom. The number of fused-ring (bicyclic) bond motifs is 1. The maximum atomic E-state index is 4.76. The Kier molecular flexibility index (Phi) is 5.52. The Hall–Kier alpha value is -0.360. The predicted octanol–water partition coefficient (Wildman–Crippen LogP) is 4.21. The van der Waals surface area contributed by atoms with Gasteiger partial charge >= 0.3 is 0 Å². The number of aromatic nitrogens is 1. The number of piperazine rings is 1. The standard InChI is InChI=1S/C15H17Br2N3.ClH/c1-9-7-11(16)8-12-14(9)19-10(2)13(17)15(12)20-5-3-18-4-6-20;/h7-8,18H,3-6H2,1-2H3;1H. The van der Waals surface area contributed by atoms with Crippen molar-refractivity contribution in [1.82, 2.24) is 10.3 Å². The molecular formula is C15H18Br2ClN3. The minimum absolute atomic E-state index is 0. The summed E-state index contributed by atoms with van der Waals surface area (Å²) in [5, 5.41) is 4.63. The SMILES string of the molecule is Cc1nc2c(C)cc(Br)cc2c(N2CCNCC2)c1Br.Cl. The smallest absolute Gasteiger partial charge is 0.0756 e. The summed E-state index contributed by atoms with van der Waals surface area (Å²) in [6.45, 7) is 8.31. The Morgan fingerprint density at radius 3 is 2.48 bits per heavy atom. The number of rotatable bonds is 1. The number of pyridine rings is 1.